The summed E-state index contributed by atoms with van der Waals surface area (Å²) in [6, 6.07) is 6.61. The lowest BCUT2D eigenvalue weighted by Crippen LogP contribution is -2.24. The van der Waals surface area contributed by atoms with Crippen LogP contribution < -0.4 is 5.32 Å². The molecule has 1 amide bonds. The van der Waals surface area contributed by atoms with Gasteiger partial charge in [-0.05, 0) is 12.5 Å². The lowest BCUT2D eigenvalue weighted by Gasteiger charge is -2.18. The fourth-order valence-electron chi connectivity index (χ4n) is 2.56. The molecular formula is C18H19NO4. The molecule has 0 atom stereocenters. The van der Waals surface area contributed by atoms with Crippen LogP contribution in [0.1, 0.15) is 40.5 Å². The van der Waals surface area contributed by atoms with Gasteiger partial charge in [-0.15, -0.1) is 0 Å². The lowest BCUT2D eigenvalue weighted by molar-refractivity contribution is -0.117. The molecule has 1 aliphatic carbocycles. The fourth-order valence-corrected chi connectivity index (χ4v) is 2.56. The highest BCUT2D eigenvalue weighted by molar-refractivity contribution is 6.27. The SMILES string of the molecule is CCC/C(=C\C1=C(OC)C(=O)c2ccccc2C1=O)C(=O)NC. The number of allylic oxidation sites excluding steroid dienone is 3. The molecule has 1 aromatic carbocycles. The number of likely N-dealkylation sites (N-methyl/N-ethyl adjacent to an activating group) is 1. The number of carbonyl (C=O) groups is 3. The minimum Gasteiger partial charge on any atom is -0.492 e. The predicted octanol–water partition coefficient (Wildman–Crippen LogP) is 2.44. The van der Waals surface area contributed by atoms with E-state index in [-0.39, 0.29) is 28.8 Å². The highest BCUT2D eigenvalue weighted by Crippen LogP contribution is 2.28. The van der Waals surface area contributed by atoms with E-state index < -0.39 is 0 Å². The van der Waals surface area contributed by atoms with Crippen molar-refractivity contribution in [2.45, 2.75) is 19.8 Å². The summed E-state index contributed by atoms with van der Waals surface area (Å²) in [5, 5.41) is 2.55. The second kappa shape index (κ2) is 7.05. The predicted molar refractivity (Wildman–Crippen MR) is 86.2 cm³/mol. The Kier molecular flexibility index (Phi) is 5.11. The molecule has 5 nitrogen and oxygen atoms in total. The molecular weight excluding hydrogens is 294 g/mol. The molecule has 0 unspecified atom stereocenters. The second-order valence-electron chi connectivity index (χ2n) is 5.15. The number of methoxy groups -OCH3 is 1. The Labute approximate surface area is 135 Å². The monoisotopic (exact) mass is 313 g/mol. The van der Waals surface area contributed by atoms with Crippen molar-refractivity contribution in [2.24, 2.45) is 0 Å². The van der Waals surface area contributed by atoms with Gasteiger partial charge in [0, 0.05) is 23.7 Å². The zero-order valence-corrected chi connectivity index (χ0v) is 13.4. The summed E-state index contributed by atoms with van der Waals surface area (Å²) >= 11 is 0. The maximum Gasteiger partial charge on any atom is 0.246 e. The molecule has 0 aliphatic heterocycles. The molecule has 23 heavy (non-hydrogen) atoms. The minimum atomic E-state index is -0.346. The van der Waals surface area contributed by atoms with Crippen LogP contribution in [0.5, 0.6) is 0 Å². The largest absolute Gasteiger partial charge is 0.492 e. The molecule has 120 valence electrons. The highest BCUT2D eigenvalue weighted by Gasteiger charge is 2.32. The van der Waals surface area contributed by atoms with Crippen LogP contribution in [0.4, 0.5) is 0 Å². The van der Waals surface area contributed by atoms with Gasteiger partial charge in [0.15, 0.2) is 11.5 Å². The average Bonchev–Trinajstić information content (AvgIpc) is 2.58. The standard InChI is InChI=1S/C18H19NO4/c1-4-7-11(18(22)19-2)10-14-15(20)12-8-5-6-9-13(12)16(21)17(14)23-3/h5-6,8-10H,4,7H2,1-3H3,(H,19,22)/b11-10+. The minimum absolute atomic E-state index is 0.0220. The molecule has 0 fully saturated rings. The van der Waals surface area contributed by atoms with Crippen molar-refractivity contribution in [1.29, 1.82) is 0 Å². The van der Waals surface area contributed by atoms with E-state index in [2.05, 4.69) is 5.32 Å². The first-order chi connectivity index (χ1) is 11.0. The van der Waals surface area contributed by atoms with Crippen LogP contribution in [-0.4, -0.2) is 31.6 Å². The number of ketones is 2. The van der Waals surface area contributed by atoms with Gasteiger partial charge in [-0.25, -0.2) is 0 Å². The highest BCUT2D eigenvalue weighted by atomic mass is 16.5. The Bertz CT molecular complexity index is 728. The summed E-state index contributed by atoms with van der Waals surface area (Å²) in [4.78, 5) is 37.2. The number of hydrogen-bond acceptors (Lipinski definition) is 4. The molecule has 2 rings (SSSR count). The van der Waals surface area contributed by atoms with Crippen molar-refractivity contribution in [3.63, 3.8) is 0 Å². The summed E-state index contributed by atoms with van der Waals surface area (Å²) in [6.45, 7) is 1.94. The molecule has 1 aliphatic rings. The summed E-state index contributed by atoms with van der Waals surface area (Å²) in [5.74, 6) is -0.948. The second-order valence-corrected chi connectivity index (χ2v) is 5.15. The van der Waals surface area contributed by atoms with Crippen LogP contribution in [0.15, 0.2) is 47.2 Å². The van der Waals surface area contributed by atoms with E-state index in [0.717, 1.165) is 6.42 Å². The average molecular weight is 313 g/mol. The van der Waals surface area contributed by atoms with Gasteiger partial charge in [-0.3, -0.25) is 14.4 Å². The number of amides is 1. The zero-order chi connectivity index (χ0) is 17.0. The van der Waals surface area contributed by atoms with E-state index in [9.17, 15) is 14.4 Å². The lowest BCUT2D eigenvalue weighted by atomic mass is 9.87. The summed E-state index contributed by atoms with van der Waals surface area (Å²) in [6.07, 6.45) is 2.72. The fraction of sp³-hybridized carbons (Fsp3) is 0.278. The third-order valence-corrected chi connectivity index (χ3v) is 3.67. The van der Waals surface area contributed by atoms with Gasteiger partial charge in [0.05, 0.1) is 12.7 Å². The van der Waals surface area contributed by atoms with Crippen molar-refractivity contribution in [2.75, 3.05) is 14.2 Å². The van der Waals surface area contributed by atoms with Crippen molar-refractivity contribution in [1.82, 2.24) is 5.32 Å². The van der Waals surface area contributed by atoms with Gasteiger partial charge in [0.2, 0.25) is 11.7 Å². The van der Waals surface area contributed by atoms with Crippen LogP contribution in [-0.2, 0) is 9.53 Å². The summed E-state index contributed by atoms with van der Waals surface area (Å²) in [5.41, 5.74) is 1.23. The Balaban J connectivity index is 2.61. The smallest absolute Gasteiger partial charge is 0.246 e. The summed E-state index contributed by atoms with van der Waals surface area (Å²) < 4.78 is 5.17. The first kappa shape index (κ1) is 16.7. The van der Waals surface area contributed by atoms with Gasteiger partial charge < -0.3 is 10.1 Å². The third-order valence-electron chi connectivity index (χ3n) is 3.67. The maximum absolute atomic E-state index is 12.7. The Morgan fingerprint density at radius 3 is 2.30 bits per heavy atom. The molecule has 0 aromatic heterocycles. The van der Waals surface area contributed by atoms with Gasteiger partial charge >= 0.3 is 0 Å². The first-order valence-corrected chi connectivity index (χ1v) is 7.44. The molecule has 0 spiro atoms. The number of nitrogens with one attached hydrogen (secondary N) is 1. The van der Waals surface area contributed by atoms with Crippen molar-refractivity contribution < 1.29 is 19.1 Å². The van der Waals surface area contributed by atoms with E-state index in [1.807, 2.05) is 6.92 Å². The van der Waals surface area contributed by atoms with E-state index >= 15 is 0 Å². The van der Waals surface area contributed by atoms with Gasteiger partial charge in [-0.1, -0.05) is 37.6 Å². The van der Waals surface area contributed by atoms with Crippen molar-refractivity contribution >= 4 is 17.5 Å². The molecule has 5 heteroatoms. The number of ether oxygens (including phenoxy) is 1. The number of rotatable bonds is 5. The number of Topliss-reactive ketones (excluding diaryl/α,β-unsaturated/α-hetero) is 2. The van der Waals surface area contributed by atoms with Crippen LogP contribution in [0.25, 0.3) is 0 Å². The number of benzene rings is 1. The number of hydrogen-bond donors (Lipinski definition) is 1. The normalized spacial score (nSPS) is 14.7. The quantitative estimate of drug-likeness (QED) is 0.847. The Morgan fingerprint density at radius 1 is 1.17 bits per heavy atom. The van der Waals surface area contributed by atoms with Crippen LogP contribution in [0.3, 0.4) is 0 Å². The van der Waals surface area contributed by atoms with Crippen LogP contribution >= 0.6 is 0 Å². The van der Waals surface area contributed by atoms with Crippen LogP contribution in [0, 0.1) is 0 Å². The molecule has 0 saturated carbocycles. The van der Waals surface area contributed by atoms with Gasteiger partial charge in [0.25, 0.3) is 0 Å². The molecule has 0 bridgehead atoms. The number of carbonyl (C=O) groups excluding carboxylic acids is 3. The molecule has 0 heterocycles. The molecule has 1 aromatic rings. The molecule has 0 radical (unpaired) electrons. The third kappa shape index (κ3) is 3.08. The van der Waals surface area contributed by atoms with Crippen molar-refractivity contribution in [3.8, 4) is 0 Å². The zero-order valence-electron chi connectivity index (χ0n) is 13.4. The molecule has 1 N–H and O–H groups in total. The Hall–Kier alpha value is -2.69. The number of fused-ring (bicyclic) bond motifs is 1. The van der Waals surface area contributed by atoms with E-state index in [1.165, 1.54) is 20.2 Å². The van der Waals surface area contributed by atoms with Gasteiger partial charge in [-0.2, -0.15) is 0 Å². The van der Waals surface area contributed by atoms with E-state index in [4.69, 9.17) is 4.74 Å². The van der Waals surface area contributed by atoms with E-state index in [1.54, 1.807) is 24.3 Å². The molecule has 0 saturated heterocycles. The Morgan fingerprint density at radius 2 is 1.78 bits per heavy atom. The maximum atomic E-state index is 12.7. The van der Waals surface area contributed by atoms with Crippen molar-refractivity contribution in [3.05, 3.63) is 58.4 Å². The first-order valence-electron chi connectivity index (χ1n) is 7.44. The van der Waals surface area contributed by atoms with Gasteiger partial charge in [0.1, 0.15) is 0 Å². The van der Waals surface area contributed by atoms with E-state index in [0.29, 0.717) is 23.1 Å². The van der Waals surface area contributed by atoms with Crippen LogP contribution in [0.2, 0.25) is 0 Å². The summed E-state index contributed by atoms with van der Waals surface area (Å²) in [7, 11) is 2.88. The topological polar surface area (TPSA) is 72.5 Å².